The summed E-state index contributed by atoms with van der Waals surface area (Å²) in [6.45, 7) is 0. The van der Waals surface area contributed by atoms with Crippen LogP contribution >= 0.6 is 38.6 Å². The molecule has 3 aromatic rings. The zero-order chi connectivity index (χ0) is 13.2. The smallest absolute Gasteiger partial charge is 0.0701 e. The summed E-state index contributed by atoms with van der Waals surface area (Å²) in [4.78, 5) is 0. The minimum absolute atomic E-state index is 0.153. The van der Waals surface area contributed by atoms with Crippen LogP contribution in [0.15, 0.2) is 44.9 Å². The Morgan fingerprint density at radius 2 is 2.05 bits per heavy atom. The van der Waals surface area contributed by atoms with Gasteiger partial charge in [0.2, 0.25) is 0 Å². The van der Waals surface area contributed by atoms with Crippen molar-refractivity contribution in [3.05, 3.63) is 56.0 Å². The van der Waals surface area contributed by atoms with Gasteiger partial charge in [-0.3, -0.25) is 11.3 Å². The number of nitrogens with two attached hydrogens (primary N) is 1. The summed E-state index contributed by atoms with van der Waals surface area (Å²) in [5.74, 6) is 5.72. The second-order valence-electron chi connectivity index (χ2n) is 4.36. The number of hydrogen-bond donors (Lipinski definition) is 2. The highest BCUT2D eigenvalue weighted by atomic mass is 79.9. The van der Waals surface area contributed by atoms with Gasteiger partial charge >= 0.3 is 0 Å². The molecule has 0 amide bonds. The predicted molar refractivity (Wildman–Crippen MR) is 87.6 cm³/mol. The zero-order valence-corrected chi connectivity index (χ0v) is 13.3. The van der Waals surface area contributed by atoms with Crippen LogP contribution in [0.25, 0.3) is 10.1 Å². The molecule has 0 saturated carbocycles. The molecule has 1 unspecified atom stereocenters. The molecule has 19 heavy (non-hydrogen) atoms. The number of hydrogen-bond acceptors (Lipinski definition) is 4. The molecule has 1 atom stereocenters. The Labute approximate surface area is 128 Å². The standard InChI is InChI=1S/C14H13BrN2S2/c15-14-6-10(8-19-14)12(17-16)5-9-7-18-13-4-2-1-3-11(9)13/h1-4,6-8,12,17H,5,16H2. The Morgan fingerprint density at radius 3 is 2.79 bits per heavy atom. The first-order chi connectivity index (χ1) is 9.28. The highest BCUT2D eigenvalue weighted by molar-refractivity contribution is 9.11. The number of halogens is 1. The number of rotatable bonds is 4. The van der Waals surface area contributed by atoms with E-state index in [1.807, 2.05) is 0 Å². The molecule has 0 spiro atoms. The molecule has 1 aromatic carbocycles. The Kier molecular flexibility index (Phi) is 4.00. The molecule has 0 aliphatic carbocycles. The summed E-state index contributed by atoms with van der Waals surface area (Å²) in [7, 11) is 0. The van der Waals surface area contributed by atoms with Crippen LogP contribution in [0, 0.1) is 0 Å². The van der Waals surface area contributed by atoms with Crippen LogP contribution in [-0.4, -0.2) is 0 Å². The fourth-order valence-corrected chi connectivity index (χ4v) is 4.40. The first-order valence-electron chi connectivity index (χ1n) is 5.93. The second kappa shape index (κ2) is 5.73. The van der Waals surface area contributed by atoms with Crippen molar-refractivity contribution < 1.29 is 0 Å². The van der Waals surface area contributed by atoms with Gasteiger partial charge in [-0.25, -0.2) is 0 Å². The van der Waals surface area contributed by atoms with E-state index in [4.69, 9.17) is 5.84 Å². The van der Waals surface area contributed by atoms with Gasteiger partial charge in [0, 0.05) is 4.70 Å². The first-order valence-corrected chi connectivity index (χ1v) is 8.48. The van der Waals surface area contributed by atoms with E-state index in [2.05, 4.69) is 62.4 Å². The molecule has 0 radical (unpaired) electrons. The molecule has 5 heteroatoms. The van der Waals surface area contributed by atoms with Crippen LogP contribution in [-0.2, 0) is 6.42 Å². The normalized spacial score (nSPS) is 12.9. The topological polar surface area (TPSA) is 38.0 Å². The summed E-state index contributed by atoms with van der Waals surface area (Å²) < 4.78 is 2.47. The van der Waals surface area contributed by atoms with E-state index in [0.717, 1.165) is 10.2 Å². The Balaban J connectivity index is 1.90. The van der Waals surface area contributed by atoms with E-state index in [9.17, 15) is 0 Å². The van der Waals surface area contributed by atoms with E-state index in [1.54, 1.807) is 22.7 Å². The van der Waals surface area contributed by atoms with Gasteiger partial charge in [0.15, 0.2) is 0 Å². The Morgan fingerprint density at radius 1 is 1.21 bits per heavy atom. The van der Waals surface area contributed by atoms with Crippen molar-refractivity contribution in [3.8, 4) is 0 Å². The molecular formula is C14H13BrN2S2. The van der Waals surface area contributed by atoms with E-state index in [1.165, 1.54) is 21.2 Å². The number of hydrazine groups is 1. The molecule has 0 aliphatic heterocycles. The van der Waals surface area contributed by atoms with Crippen molar-refractivity contribution in [3.63, 3.8) is 0 Å². The average molecular weight is 353 g/mol. The summed E-state index contributed by atoms with van der Waals surface area (Å²) >= 11 is 6.98. The third-order valence-electron chi connectivity index (χ3n) is 3.18. The van der Waals surface area contributed by atoms with E-state index in [0.29, 0.717) is 0 Å². The molecule has 98 valence electrons. The van der Waals surface area contributed by atoms with Crippen molar-refractivity contribution in [2.75, 3.05) is 0 Å². The fraction of sp³-hybridized carbons (Fsp3) is 0.143. The van der Waals surface area contributed by atoms with E-state index < -0.39 is 0 Å². The molecule has 0 fully saturated rings. The quantitative estimate of drug-likeness (QED) is 0.536. The Hall–Kier alpha value is -0.720. The van der Waals surface area contributed by atoms with Crippen LogP contribution in [0.2, 0.25) is 0 Å². The minimum Gasteiger partial charge on any atom is -0.271 e. The maximum absolute atomic E-state index is 5.72. The average Bonchev–Trinajstić information content (AvgIpc) is 3.03. The van der Waals surface area contributed by atoms with Crippen LogP contribution in [0.1, 0.15) is 17.2 Å². The van der Waals surface area contributed by atoms with Crippen molar-refractivity contribution in [1.82, 2.24) is 5.43 Å². The summed E-state index contributed by atoms with van der Waals surface area (Å²) in [5.41, 5.74) is 5.51. The molecule has 2 heterocycles. The summed E-state index contributed by atoms with van der Waals surface area (Å²) in [6, 6.07) is 10.8. The lowest BCUT2D eigenvalue weighted by atomic mass is 10.0. The molecule has 0 aliphatic rings. The molecular weight excluding hydrogens is 340 g/mol. The van der Waals surface area contributed by atoms with Gasteiger partial charge in [0.1, 0.15) is 0 Å². The van der Waals surface area contributed by atoms with Gasteiger partial charge in [-0.1, -0.05) is 18.2 Å². The number of fused-ring (bicyclic) bond motifs is 1. The van der Waals surface area contributed by atoms with Crippen LogP contribution in [0.4, 0.5) is 0 Å². The largest absolute Gasteiger partial charge is 0.271 e. The van der Waals surface area contributed by atoms with Crippen molar-refractivity contribution in [2.45, 2.75) is 12.5 Å². The van der Waals surface area contributed by atoms with Gasteiger partial charge < -0.3 is 0 Å². The van der Waals surface area contributed by atoms with Gasteiger partial charge in [0.05, 0.1) is 9.83 Å². The summed E-state index contributed by atoms with van der Waals surface area (Å²) in [6.07, 6.45) is 0.906. The van der Waals surface area contributed by atoms with Gasteiger partial charge in [-0.15, -0.1) is 22.7 Å². The molecule has 2 aromatic heterocycles. The highest BCUT2D eigenvalue weighted by Crippen LogP contribution is 2.31. The van der Waals surface area contributed by atoms with Gasteiger partial charge in [-0.05, 0) is 61.8 Å². The lowest BCUT2D eigenvalue weighted by molar-refractivity contribution is 0.555. The molecule has 0 bridgehead atoms. The number of thiophene rings is 2. The van der Waals surface area contributed by atoms with Crippen LogP contribution in [0.5, 0.6) is 0 Å². The SMILES string of the molecule is NNC(Cc1csc2ccccc12)c1csc(Br)c1. The van der Waals surface area contributed by atoms with Crippen molar-refractivity contribution >= 4 is 48.7 Å². The zero-order valence-electron chi connectivity index (χ0n) is 10.1. The molecule has 3 rings (SSSR count). The van der Waals surface area contributed by atoms with E-state index in [-0.39, 0.29) is 6.04 Å². The lowest BCUT2D eigenvalue weighted by Crippen LogP contribution is -2.29. The highest BCUT2D eigenvalue weighted by Gasteiger charge is 2.14. The number of benzene rings is 1. The monoisotopic (exact) mass is 352 g/mol. The predicted octanol–water partition coefficient (Wildman–Crippen LogP) is 4.47. The van der Waals surface area contributed by atoms with Crippen molar-refractivity contribution in [1.29, 1.82) is 0 Å². The third kappa shape index (κ3) is 2.75. The fourth-order valence-electron chi connectivity index (χ4n) is 2.19. The molecule has 3 N–H and O–H groups in total. The molecule has 0 saturated heterocycles. The molecule has 2 nitrogen and oxygen atoms in total. The van der Waals surface area contributed by atoms with Crippen LogP contribution < -0.4 is 11.3 Å². The minimum atomic E-state index is 0.153. The summed E-state index contributed by atoms with van der Waals surface area (Å²) in [5, 5.41) is 5.71. The Bertz CT molecular complexity index is 689. The third-order valence-corrected chi connectivity index (χ3v) is 5.71. The lowest BCUT2D eigenvalue weighted by Gasteiger charge is -2.14. The van der Waals surface area contributed by atoms with E-state index >= 15 is 0 Å². The van der Waals surface area contributed by atoms with Crippen molar-refractivity contribution in [2.24, 2.45) is 5.84 Å². The van der Waals surface area contributed by atoms with Crippen LogP contribution in [0.3, 0.4) is 0 Å². The number of nitrogens with one attached hydrogen (secondary N) is 1. The maximum atomic E-state index is 5.72. The van der Waals surface area contributed by atoms with Gasteiger partial charge in [-0.2, -0.15) is 0 Å². The van der Waals surface area contributed by atoms with Gasteiger partial charge in [0.25, 0.3) is 0 Å². The first kappa shape index (κ1) is 13.3. The maximum Gasteiger partial charge on any atom is 0.0701 e. The second-order valence-corrected chi connectivity index (χ2v) is 7.57.